The zero-order valence-electron chi connectivity index (χ0n) is 16.9. The predicted molar refractivity (Wildman–Crippen MR) is 116 cm³/mol. The largest absolute Gasteiger partial charge is 0.497 e. The zero-order valence-corrected chi connectivity index (χ0v) is 16.9. The number of fused-ring (bicyclic) bond motifs is 1. The van der Waals surface area contributed by atoms with Crippen LogP contribution in [0.3, 0.4) is 0 Å². The van der Waals surface area contributed by atoms with Crippen molar-refractivity contribution in [2.75, 3.05) is 12.4 Å². The van der Waals surface area contributed by atoms with Gasteiger partial charge in [0.1, 0.15) is 18.1 Å². The lowest BCUT2D eigenvalue weighted by Gasteiger charge is -2.19. The molecule has 0 aromatic heterocycles. The van der Waals surface area contributed by atoms with E-state index in [4.69, 9.17) is 9.47 Å². The van der Waals surface area contributed by atoms with Crippen molar-refractivity contribution in [1.82, 2.24) is 0 Å². The van der Waals surface area contributed by atoms with Crippen LogP contribution in [0.1, 0.15) is 29.0 Å². The van der Waals surface area contributed by atoms with Gasteiger partial charge in [-0.05, 0) is 53.4 Å². The molecule has 0 saturated carbocycles. The molecule has 0 spiro atoms. The van der Waals surface area contributed by atoms with Crippen LogP contribution in [0.4, 0.5) is 5.69 Å². The third-order valence-corrected chi connectivity index (χ3v) is 5.51. The summed E-state index contributed by atoms with van der Waals surface area (Å²) in [6.45, 7) is 0.478. The van der Waals surface area contributed by atoms with Gasteiger partial charge >= 0.3 is 5.97 Å². The summed E-state index contributed by atoms with van der Waals surface area (Å²) in [4.78, 5) is 11.6. The van der Waals surface area contributed by atoms with E-state index < -0.39 is 5.97 Å². The molecule has 0 fully saturated rings. The summed E-state index contributed by atoms with van der Waals surface area (Å²) in [5, 5.41) is 13.0. The number of hydrogen-bond donors (Lipinski definition) is 2. The molecule has 5 heteroatoms. The molecule has 1 heterocycles. The van der Waals surface area contributed by atoms with Gasteiger partial charge in [-0.25, -0.2) is 0 Å². The number of carboxylic acids is 1. The lowest BCUT2D eigenvalue weighted by Crippen LogP contribution is -2.25. The summed E-state index contributed by atoms with van der Waals surface area (Å²) < 4.78 is 11.2. The minimum atomic E-state index is -0.801. The summed E-state index contributed by atoms with van der Waals surface area (Å²) in [5.41, 5.74) is 4.21. The molecule has 2 N–H and O–H groups in total. The topological polar surface area (TPSA) is 67.8 Å². The van der Waals surface area contributed by atoms with E-state index in [9.17, 15) is 9.90 Å². The fraction of sp³-hybridized carbons (Fsp3) is 0.240. The lowest BCUT2D eigenvalue weighted by atomic mass is 9.88. The molecule has 0 saturated heterocycles. The van der Waals surface area contributed by atoms with E-state index in [1.165, 1.54) is 0 Å². The van der Waals surface area contributed by atoms with Crippen molar-refractivity contribution < 1.29 is 19.4 Å². The van der Waals surface area contributed by atoms with Crippen molar-refractivity contribution in [1.29, 1.82) is 0 Å². The molecule has 1 aliphatic rings. The predicted octanol–water partition coefficient (Wildman–Crippen LogP) is 4.87. The van der Waals surface area contributed by atoms with Crippen molar-refractivity contribution in [3.8, 4) is 11.5 Å². The van der Waals surface area contributed by atoms with Crippen LogP contribution in [0.2, 0.25) is 0 Å². The van der Waals surface area contributed by atoms with Crippen molar-refractivity contribution in [2.45, 2.75) is 31.4 Å². The Balaban J connectivity index is 1.52. The van der Waals surface area contributed by atoms with Crippen LogP contribution in [0.25, 0.3) is 0 Å². The lowest BCUT2D eigenvalue weighted by molar-refractivity contribution is -0.137. The van der Waals surface area contributed by atoms with Gasteiger partial charge in [0.15, 0.2) is 0 Å². The number of benzene rings is 3. The van der Waals surface area contributed by atoms with E-state index in [1.54, 1.807) is 7.11 Å². The molecule has 2 atom stereocenters. The second kappa shape index (κ2) is 8.91. The second-order valence-electron chi connectivity index (χ2n) is 7.53. The number of aliphatic carboxylic acids is 1. The van der Waals surface area contributed by atoms with E-state index in [-0.39, 0.29) is 18.4 Å². The smallest absolute Gasteiger partial charge is 0.304 e. The molecule has 3 aromatic rings. The molecule has 2 unspecified atom stereocenters. The molecule has 5 nitrogen and oxygen atoms in total. The maximum atomic E-state index is 11.6. The SMILES string of the molecule is COc1ccc(CC2Nc3ccc(OCc4ccccc4)cc3C2CC(=O)O)cc1. The first-order chi connectivity index (χ1) is 14.6. The number of ether oxygens (including phenoxy) is 2. The van der Waals surface area contributed by atoms with Gasteiger partial charge < -0.3 is 19.9 Å². The Morgan fingerprint density at radius 3 is 2.40 bits per heavy atom. The normalized spacial score (nSPS) is 17.1. The van der Waals surface area contributed by atoms with Crippen LogP contribution in [-0.2, 0) is 17.8 Å². The number of carboxylic acid groups (broad SMARTS) is 1. The quantitative estimate of drug-likeness (QED) is 0.562. The summed E-state index contributed by atoms with van der Waals surface area (Å²) in [7, 11) is 1.64. The number of hydrogen-bond acceptors (Lipinski definition) is 4. The first kappa shape index (κ1) is 19.8. The van der Waals surface area contributed by atoms with E-state index >= 15 is 0 Å². The van der Waals surface area contributed by atoms with E-state index in [0.717, 1.165) is 40.3 Å². The molecule has 4 rings (SSSR count). The fourth-order valence-corrected chi connectivity index (χ4v) is 3.98. The summed E-state index contributed by atoms with van der Waals surface area (Å²) in [6, 6.07) is 23.8. The highest BCUT2D eigenvalue weighted by Crippen LogP contribution is 2.41. The number of nitrogens with one attached hydrogen (secondary N) is 1. The van der Waals surface area contributed by atoms with E-state index in [2.05, 4.69) is 5.32 Å². The van der Waals surface area contributed by atoms with Crippen molar-refractivity contribution in [3.63, 3.8) is 0 Å². The van der Waals surface area contributed by atoms with E-state index in [1.807, 2.05) is 72.8 Å². The monoisotopic (exact) mass is 403 g/mol. The van der Waals surface area contributed by atoms with Crippen LogP contribution in [-0.4, -0.2) is 24.2 Å². The summed E-state index contributed by atoms with van der Waals surface area (Å²) >= 11 is 0. The van der Waals surface area contributed by atoms with Gasteiger partial charge in [0.2, 0.25) is 0 Å². The van der Waals surface area contributed by atoms with Gasteiger partial charge in [-0.1, -0.05) is 42.5 Å². The molecular formula is C25H25NO4. The second-order valence-corrected chi connectivity index (χ2v) is 7.53. The molecule has 0 radical (unpaired) electrons. The molecule has 0 bridgehead atoms. The number of carbonyl (C=O) groups is 1. The van der Waals surface area contributed by atoms with E-state index in [0.29, 0.717) is 6.61 Å². The molecular weight excluding hydrogens is 378 g/mol. The van der Waals surface area contributed by atoms with Gasteiger partial charge in [0.25, 0.3) is 0 Å². The number of rotatable bonds is 8. The third-order valence-electron chi connectivity index (χ3n) is 5.51. The average Bonchev–Trinajstić information content (AvgIpc) is 3.09. The van der Waals surface area contributed by atoms with Crippen molar-refractivity contribution >= 4 is 11.7 Å². The zero-order chi connectivity index (χ0) is 20.9. The van der Waals surface area contributed by atoms with Gasteiger partial charge in [-0.15, -0.1) is 0 Å². The standard InChI is InChI=1S/C25H25NO4/c1-29-19-9-7-17(8-10-19)13-24-22(15-25(27)28)21-14-20(11-12-23(21)26-24)30-16-18-5-3-2-4-6-18/h2-12,14,22,24,26H,13,15-16H2,1H3,(H,27,28). The summed E-state index contributed by atoms with van der Waals surface area (Å²) in [5.74, 6) is 0.633. The minimum absolute atomic E-state index is 0.00821. The van der Waals surface area contributed by atoms with Crippen LogP contribution in [0.5, 0.6) is 11.5 Å². The highest BCUT2D eigenvalue weighted by Gasteiger charge is 2.34. The Kier molecular flexibility index (Phi) is 5.89. The molecule has 0 amide bonds. The molecule has 154 valence electrons. The maximum Gasteiger partial charge on any atom is 0.304 e. The number of anilines is 1. The minimum Gasteiger partial charge on any atom is -0.497 e. The van der Waals surface area contributed by atoms with Crippen LogP contribution < -0.4 is 14.8 Å². The Bertz CT molecular complexity index is 1000. The maximum absolute atomic E-state index is 11.6. The Morgan fingerprint density at radius 2 is 1.70 bits per heavy atom. The Morgan fingerprint density at radius 1 is 0.967 bits per heavy atom. The Hall–Kier alpha value is -3.47. The molecule has 0 aliphatic carbocycles. The first-order valence-corrected chi connectivity index (χ1v) is 10.0. The van der Waals surface area contributed by atoms with Crippen molar-refractivity contribution in [2.24, 2.45) is 0 Å². The first-order valence-electron chi connectivity index (χ1n) is 10.0. The molecule has 30 heavy (non-hydrogen) atoms. The van der Waals surface area contributed by atoms with Gasteiger partial charge in [0, 0.05) is 17.6 Å². The fourth-order valence-electron chi connectivity index (χ4n) is 3.98. The Labute approximate surface area is 176 Å². The van der Waals surface area contributed by atoms with Gasteiger partial charge in [0.05, 0.1) is 13.5 Å². The van der Waals surface area contributed by atoms with Crippen LogP contribution in [0.15, 0.2) is 72.8 Å². The van der Waals surface area contributed by atoms with Crippen LogP contribution in [0, 0.1) is 0 Å². The third kappa shape index (κ3) is 4.57. The van der Waals surface area contributed by atoms with Crippen LogP contribution >= 0.6 is 0 Å². The summed E-state index contributed by atoms with van der Waals surface area (Å²) in [6.07, 6.45) is 0.805. The highest BCUT2D eigenvalue weighted by atomic mass is 16.5. The van der Waals surface area contributed by atoms with Crippen molar-refractivity contribution in [3.05, 3.63) is 89.5 Å². The van der Waals surface area contributed by atoms with Gasteiger partial charge in [-0.3, -0.25) is 4.79 Å². The number of methoxy groups -OCH3 is 1. The highest BCUT2D eigenvalue weighted by molar-refractivity contribution is 5.72. The molecule has 1 aliphatic heterocycles. The molecule has 3 aromatic carbocycles. The van der Waals surface area contributed by atoms with Gasteiger partial charge in [-0.2, -0.15) is 0 Å². The average molecular weight is 403 g/mol.